The van der Waals surface area contributed by atoms with Crippen LogP contribution in [0.3, 0.4) is 0 Å². The summed E-state index contributed by atoms with van der Waals surface area (Å²) in [5.74, 6) is 0.308. The molecule has 0 spiro atoms. The molecule has 0 saturated heterocycles. The zero-order valence-electron chi connectivity index (χ0n) is 24.0. The number of nitrogens with zero attached hydrogens (tertiary/aromatic N) is 4. The van der Waals surface area contributed by atoms with Gasteiger partial charge in [-0.1, -0.05) is 12.1 Å². The summed E-state index contributed by atoms with van der Waals surface area (Å²) in [6, 6.07) is 12.8. The third kappa shape index (κ3) is 5.34. The number of rotatable bonds is 8. The summed E-state index contributed by atoms with van der Waals surface area (Å²) in [6.45, 7) is 7.97. The second kappa shape index (κ2) is 10.5. The molecule has 218 valence electrons. The van der Waals surface area contributed by atoms with Crippen molar-refractivity contribution in [3.05, 3.63) is 76.1 Å². The van der Waals surface area contributed by atoms with E-state index in [2.05, 4.69) is 15.4 Å². The maximum atomic E-state index is 15.3. The lowest BCUT2D eigenvalue weighted by atomic mass is 9.89. The maximum Gasteiger partial charge on any atom is 0.304 e. The molecule has 1 aromatic heterocycles. The number of carboxylic acids is 1. The number of carboxylic acid groups (broad SMARTS) is 1. The van der Waals surface area contributed by atoms with E-state index in [1.807, 2.05) is 38.1 Å². The number of benzene rings is 3. The van der Waals surface area contributed by atoms with Crippen LogP contribution >= 0.6 is 0 Å². The SMILES string of the molecule is Cc1cc(-c2nnn(CC(C)(C)O)n2)cc(C)c1-c1ccc(F)c2c1CC[C@H]2Oc1ccc2c(c1)OC[C@H]2CC(=O)O. The summed E-state index contributed by atoms with van der Waals surface area (Å²) in [5.41, 5.74) is 6.25. The Morgan fingerprint density at radius 1 is 1.17 bits per heavy atom. The minimum Gasteiger partial charge on any atom is -0.492 e. The van der Waals surface area contributed by atoms with Crippen molar-refractivity contribution in [3.63, 3.8) is 0 Å². The van der Waals surface area contributed by atoms with Crippen LogP contribution in [0.25, 0.3) is 22.5 Å². The first kappa shape index (κ1) is 27.8. The number of aryl methyl sites for hydroxylation is 2. The van der Waals surface area contributed by atoms with Gasteiger partial charge < -0.3 is 19.7 Å². The number of carbonyl (C=O) groups is 1. The van der Waals surface area contributed by atoms with E-state index >= 15 is 4.39 Å². The van der Waals surface area contributed by atoms with Crippen molar-refractivity contribution in [2.24, 2.45) is 0 Å². The molecule has 0 unspecified atom stereocenters. The molecule has 0 fully saturated rings. The van der Waals surface area contributed by atoms with E-state index in [0.29, 0.717) is 42.3 Å². The van der Waals surface area contributed by atoms with Gasteiger partial charge in [-0.3, -0.25) is 4.79 Å². The zero-order chi connectivity index (χ0) is 29.8. The van der Waals surface area contributed by atoms with Gasteiger partial charge in [0.1, 0.15) is 23.4 Å². The summed E-state index contributed by atoms with van der Waals surface area (Å²) in [6.07, 6.45) is 0.857. The highest BCUT2D eigenvalue weighted by Gasteiger charge is 2.32. The number of tetrazole rings is 1. The number of halogens is 1. The largest absolute Gasteiger partial charge is 0.492 e. The van der Waals surface area contributed by atoms with Crippen LogP contribution in [0.4, 0.5) is 4.39 Å². The average Bonchev–Trinajstić information content (AvgIpc) is 3.63. The lowest BCUT2D eigenvalue weighted by molar-refractivity contribution is -0.137. The monoisotopic (exact) mass is 572 g/mol. The average molecular weight is 573 g/mol. The van der Waals surface area contributed by atoms with E-state index in [1.54, 1.807) is 26.0 Å². The van der Waals surface area contributed by atoms with Crippen LogP contribution in [0.5, 0.6) is 11.5 Å². The fourth-order valence-corrected chi connectivity index (χ4v) is 6.19. The molecule has 0 radical (unpaired) electrons. The van der Waals surface area contributed by atoms with E-state index in [-0.39, 0.29) is 24.7 Å². The molecule has 9 nitrogen and oxygen atoms in total. The number of aliphatic carboxylic acids is 1. The van der Waals surface area contributed by atoms with Gasteiger partial charge in [-0.15, -0.1) is 10.2 Å². The number of fused-ring (bicyclic) bond motifs is 2. The van der Waals surface area contributed by atoms with Gasteiger partial charge in [0.25, 0.3) is 0 Å². The first-order chi connectivity index (χ1) is 20.0. The lowest BCUT2D eigenvalue weighted by Gasteiger charge is -2.19. The Kier molecular flexibility index (Phi) is 6.97. The third-order valence-corrected chi connectivity index (χ3v) is 7.89. The zero-order valence-corrected chi connectivity index (χ0v) is 24.0. The van der Waals surface area contributed by atoms with Gasteiger partial charge in [-0.05, 0) is 97.8 Å². The molecular formula is C32H33FN4O5. The molecule has 10 heteroatoms. The molecule has 4 aromatic rings. The van der Waals surface area contributed by atoms with Crippen LogP contribution in [0.1, 0.15) is 66.5 Å². The van der Waals surface area contributed by atoms with Crippen molar-refractivity contribution in [1.82, 2.24) is 20.2 Å². The van der Waals surface area contributed by atoms with Crippen molar-refractivity contribution in [1.29, 1.82) is 0 Å². The molecule has 1 aliphatic heterocycles. The Balaban J connectivity index is 1.28. The van der Waals surface area contributed by atoms with Gasteiger partial charge >= 0.3 is 5.97 Å². The number of aliphatic hydroxyl groups is 1. The van der Waals surface area contributed by atoms with Crippen molar-refractivity contribution in [2.45, 2.75) is 71.1 Å². The molecule has 2 heterocycles. The van der Waals surface area contributed by atoms with Gasteiger partial charge in [0.05, 0.1) is 25.2 Å². The number of aromatic nitrogens is 4. The molecule has 0 saturated carbocycles. The molecule has 42 heavy (non-hydrogen) atoms. The van der Waals surface area contributed by atoms with Crippen LogP contribution in [-0.4, -0.2) is 48.6 Å². The van der Waals surface area contributed by atoms with E-state index < -0.39 is 17.7 Å². The van der Waals surface area contributed by atoms with Gasteiger partial charge in [-0.25, -0.2) is 4.39 Å². The minimum absolute atomic E-state index is 0.00964. The summed E-state index contributed by atoms with van der Waals surface area (Å²) in [7, 11) is 0. The highest BCUT2D eigenvalue weighted by atomic mass is 19.1. The summed E-state index contributed by atoms with van der Waals surface area (Å²) < 4.78 is 27.4. The molecule has 0 amide bonds. The van der Waals surface area contributed by atoms with Crippen LogP contribution in [-0.2, 0) is 17.8 Å². The Hall–Kier alpha value is -4.31. The van der Waals surface area contributed by atoms with Crippen molar-refractivity contribution >= 4 is 5.97 Å². The predicted molar refractivity (Wildman–Crippen MR) is 153 cm³/mol. The topological polar surface area (TPSA) is 120 Å². The second-order valence-electron chi connectivity index (χ2n) is 11.9. The van der Waals surface area contributed by atoms with E-state index in [1.165, 1.54) is 10.9 Å². The molecular weight excluding hydrogens is 539 g/mol. The highest BCUT2D eigenvalue weighted by Crippen LogP contribution is 2.45. The van der Waals surface area contributed by atoms with Crippen LogP contribution < -0.4 is 9.47 Å². The standard InChI is InChI=1S/C32H33FN4O5/c1-17-11-19(31-34-36-37(35-31)16-32(3,4)40)12-18(2)29(17)23-7-9-25(33)30-24(23)8-10-26(30)42-21-5-6-22-20(13-28(38)39)15-41-27(22)14-21/h5-7,9,11-12,14,20,26,40H,8,10,13,15-16H2,1-4H3,(H,38,39)/t20-,26-/m1/s1. The summed E-state index contributed by atoms with van der Waals surface area (Å²) in [5, 5.41) is 32.0. The predicted octanol–water partition coefficient (Wildman–Crippen LogP) is 5.55. The maximum absolute atomic E-state index is 15.3. The van der Waals surface area contributed by atoms with E-state index in [9.17, 15) is 9.90 Å². The molecule has 0 bridgehead atoms. The van der Waals surface area contributed by atoms with Crippen LogP contribution in [0.15, 0.2) is 42.5 Å². The Morgan fingerprint density at radius 3 is 2.64 bits per heavy atom. The Labute approximate surface area is 242 Å². The van der Waals surface area contributed by atoms with Gasteiger partial charge in [0, 0.05) is 28.7 Å². The quantitative estimate of drug-likeness (QED) is 0.282. The fourth-order valence-electron chi connectivity index (χ4n) is 6.19. The lowest BCUT2D eigenvalue weighted by Crippen LogP contribution is -2.27. The molecule has 6 rings (SSSR count). The van der Waals surface area contributed by atoms with Gasteiger partial charge in [0.15, 0.2) is 0 Å². The van der Waals surface area contributed by atoms with Crippen molar-refractivity contribution < 1.29 is 28.9 Å². The first-order valence-corrected chi connectivity index (χ1v) is 14.1. The molecule has 2 aliphatic rings. The van der Waals surface area contributed by atoms with Gasteiger partial charge in [-0.2, -0.15) is 4.80 Å². The second-order valence-corrected chi connectivity index (χ2v) is 11.9. The number of hydrogen-bond donors (Lipinski definition) is 2. The minimum atomic E-state index is -0.961. The molecule has 3 aromatic carbocycles. The first-order valence-electron chi connectivity index (χ1n) is 14.1. The normalized spacial score (nSPS) is 17.6. The molecule has 2 N–H and O–H groups in total. The van der Waals surface area contributed by atoms with E-state index in [4.69, 9.17) is 14.6 Å². The highest BCUT2D eigenvalue weighted by molar-refractivity contribution is 5.78. The van der Waals surface area contributed by atoms with Crippen LogP contribution in [0.2, 0.25) is 0 Å². The smallest absolute Gasteiger partial charge is 0.304 e. The van der Waals surface area contributed by atoms with E-state index in [0.717, 1.165) is 38.9 Å². The van der Waals surface area contributed by atoms with Gasteiger partial charge in [0.2, 0.25) is 5.82 Å². The third-order valence-electron chi connectivity index (χ3n) is 7.89. The number of ether oxygens (including phenoxy) is 2. The van der Waals surface area contributed by atoms with Crippen molar-refractivity contribution in [2.75, 3.05) is 6.61 Å². The number of hydrogen-bond acceptors (Lipinski definition) is 7. The summed E-state index contributed by atoms with van der Waals surface area (Å²) >= 11 is 0. The van der Waals surface area contributed by atoms with Crippen molar-refractivity contribution in [3.8, 4) is 34.0 Å². The Bertz CT molecular complexity index is 1670. The Morgan fingerprint density at radius 2 is 1.93 bits per heavy atom. The van der Waals surface area contributed by atoms with Crippen LogP contribution in [0, 0.1) is 19.7 Å². The summed E-state index contributed by atoms with van der Waals surface area (Å²) in [4.78, 5) is 12.6. The fraction of sp³-hybridized carbons (Fsp3) is 0.375. The molecule has 1 aliphatic carbocycles. The molecule has 2 atom stereocenters.